The molecular weight excluding hydrogens is 272 g/mol. The molecular formula is C10H17BrN4O. The van der Waals surface area contributed by atoms with Crippen LogP contribution in [0.25, 0.3) is 0 Å². The topological polar surface area (TPSA) is 61.0 Å². The fourth-order valence-electron chi connectivity index (χ4n) is 1.38. The van der Waals surface area contributed by atoms with Crippen LogP contribution in [0.15, 0.2) is 15.6 Å². The number of halogens is 1. The second-order valence-electron chi connectivity index (χ2n) is 3.35. The van der Waals surface area contributed by atoms with Gasteiger partial charge >= 0.3 is 0 Å². The van der Waals surface area contributed by atoms with Crippen LogP contribution >= 0.6 is 15.9 Å². The van der Waals surface area contributed by atoms with Gasteiger partial charge in [-0.25, -0.2) is 4.98 Å². The molecule has 16 heavy (non-hydrogen) atoms. The van der Waals surface area contributed by atoms with E-state index in [-0.39, 0.29) is 5.56 Å². The van der Waals surface area contributed by atoms with E-state index in [1.807, 2.05) is 0 Å². The van der Waals surface area contributed by atoms with Crippen LogP contribution < -0.4 is 10.9 Å². The van der Waals surface area contributed by atoms with Crippen LogP contribution in [0.2, 0.25) is 0 Å². The zero-order valence-electron chi connectivity index (χ0n) is 9.59. The molecule has 90 valence electrons. The molecule has 1 aromatic heterocycles. The number of hydrogen-bond acceptors (Lipinski definition) is 4. The van der Waals surface area contributed by atoms with Crippen molar-refractivity contribution in [1.29, 1.82) is 0 Å². The number of nitrogens with zero attached hydrogens (tertiary/aromatic N) is 2. The van der Waals surface area contributed by atoms with Gasteiger partial charge in [-0.2, -0.15) is 0 Å². The molecule has 0 amide bonds. The zero-order chi connectivity index (χ0) is 12.0. The first-order chi connectivity index (χ1) is 7.69. The summed E-state index contributed by atoms with van der Waals surface area (Å²) in [5, 5.41) is 3.13. The molecule has 0 fully saturated rings. The molecule has 0 unspecified atom stereocenters. The molecule has 0 radical (unpaired) electrons. The van der Waals surface area contributed by atoms with Crippen molar-refractivity contribution in [3.8, 4) is 0 Å². The summed E-state index contributed by atoms with van der Waals surface area (Å²) in [6.07, 6.45) is 1.40. The average Bonchev–Trinajstić information content (AvgIpc) is 2.30. The summed E-state index contributed by atoms with van der Waals surface area (Å²) >= 11 is 3.20. The monoisotopic (exact) mass is 288 g/mol. The van der Waals surface area contributed by atoms with Gasteiger partial charge in [-0.1, -0.05) is 13.8 Å². The van der Waals surface area contributed by atoms with Crippen molar-refractivity contribution in [2.75, 3.05) is 31.5 Å². The molecule has 0 spiro atoms. The standard InChI is InChI=1S/C10H17BrN4O/c1-3-15(4-2)6-5-12-9-8(11)10(16)14-7-13-9/h7H,3-6H2,1-2H3,(H2,12,13,14,16). The number of nitrogens with one attached hydrogen (secondary N) is 2. The molecule has 0 aliphatic heterocycles. The molecule has 6 heteroatoms. The second-order valence-corrected chi connectivity index (χ2v) is 4.14. The van der Waals surface area contributed by atoms with Gasteiger partial charge in [0.15, 0.2) is 0 Å². The molecule has 1 rings (SSSR count). The largest absolute Gasteiger partial charge is 0.368 e. The average molecular weight is 289 g/mol. The van der Waals surface area contributed by atoms with Crippen LogP contribution in [0.4, 0.5) is 5.82 Å². The lowest BCUT2D eigenvalue weighted by Crippen LogP contribution is -2.29. The molecule has 5 nitrogen and oxygen atoms in total. The molecule has 0 aromatic carbocycles. The van der Waals surface area contributed by atoms with E-state index in [0.29, 0.717) is 10.3 Å². The maximum absolute atomic E-state index is 11.3. The lowest BCUT2D eigenvalue weighted by molar-refractivity contribution is 0.316. The molecule has 0 saturated heterocycles. The lowest BCUT2D eigenvalue weighted by Gasteiger charge is -2.18. The number of H-pyrrole nitrogens is 1. The lowest BCUT2D eigenvalue weighted by atomic mass is 10.4. The Balaban J connectivity index is 2.49. The highest BCUT2D eigenvalue weighted by molar-refractivity contribution is 9.10. The van der Waals surface area contributed by atoms with E-state index in [0.717, 1.165) is 26.2 Å². The van der Waals surface area contributed by atoms with Gasteiger partial charge in [0.25, 0.3) is 5.56 Å². The van der Waals surface area contributed by atoms with Crippen LogP contribution in [0.1, 0.15) is 13.8 Å². The Bertz CT molecular complexity index is 375. The normalized spacial score (nSPS) is 10.8. The van der Waals surface area contributed by atoms with Crippen molar-refractivity contribution in [1.82, 2.24) is 14.9 Å². The summed E-state index contributed by atoms with van der Waals surface area (Å²) in [4.78, 5) is 20.1. The first kappa shape index (κ1) is 13.2. The van der Waals surface area contributed by atoms with E-state index < -0.39 is 0 Å². The van der Waals surface area contributed by atoms with Gasteiger partial charge in [0, 0.05) is 13.1 Å². The van der Waals surface area contributed by atoms with E-state index in [9.17, 15) is 4.79 Å². The highest BCUT2D eigenvalue weighted by atomic mass is 79.9. The highest BCUT2D eigenvalue weighted by Crippen LogP contribution is 2.12. The summed E-state index contributed by atoms with van der Waals surface area (Å²) in [6.45, 7) is 8.03. The molecule has 1 heterocycles. The quantitative estimate of drug-likeness (QED) is 0.828. The number of aromatic nitrogens is 2. The SMILES string of the molecule is CCN(CC)CCNc1nc[nH]c(=O)c1Br. The minimum Gasteiger partial charge on any atom is -0.368 e. The van der Waals surface area contributed by atoms with Gasteiger partial charge in [-0.15, -0.1) is 0 Å². The number of likely N-dealkylation sites (N-methyl/N-ethyl adjacent to an activating group) is 1. The van der Waals surface area contributed by atoms with Crippen molar-refractivity contribution >= 4 is 21.7 Å². The molecule has 0 bridgehead atoms. The highest BCUT2D eigenvalue weighted by Gasteiger charge is 2.04. The Labute approximate surface area is 103 Å². The molecule has 1 aromatic rings. The summed E-state index contributed by atoms with van der Waals surface area (Å²) < 4.78 is 0.453. The van der Waals surface area contributed by atoms with E-state index >= 15 is 0 Å². The van der Waals surface area contributed by atoms with Gasteiger partial charge < -0.3 is 15.2 Å². The fraction of sp³-hybridized carbons (Fsp3) is 0.600. The third kappa shape index (κ3) is 3.61. The maximum atomic E-state index is 11.3. The third-order valence-corrected chi connectivity index (χ3v) is 3.15. The zero-order valence-corrected chi connectivity index (χ0v) is 11.2. The number of hydrogen-bond donors (Lipinski definition) is 2. The molecule has 2 N–H and O–H groups in total. The van der Waals surface area contributed by atoms with Crippen molar-refractivity contribution in [3.05, 3.63) is 21.2 Å². The van der Waals surface area contributed by atoms with E-state index in [1.54, 1.807) is 0 Å². The Hall–Kier alpha value is -0.880. The van der Waals surface area contributed by atoms with Crippen LogP contribution in [-0.4, -0.2) is 41.0 Å². The van der Waals surface area contributed by atoms with Crippen LogP contribution in [-0.2, 0) is 0 Å². The smallest absolute Gasteiger partial charge is 0.267 e. The van der Waals surface area contributed by atoms with Gasteiger partial charge in [0.1, 0.15) is 10.3 Å². The first-order valence-corrected chi connectivity index (χ1v) is 6.17. The summed E-state index contributed by atoms with van der Waals surface area (Å²) in [5.74, 6) is 0.593. The van der Waals surface area contributed by atoms with Crippen LogP contribution in [0.3, 0.4) is 0 Å². The fourth-order valence-corrected chi connectivity index (χ4v) is 1.74. The Morgan fingerprint density at radius 3 is 2.81 bits per heavy atom. The summed E-state index contributed by atoms with van der Waals surface area (Å²) in [5.41, 5.74) is -0.166. The van der Waals surface area contributed by atoms with Gasteiger partial charge in [0.05, 0.1) is 6.33 Å². The predicted molar refractivity (Wildman–Crippen MR) is 68.8 cm³/mol. The van der Waals surface area contributed by atoms with Crippen LogP contribution in [0.5, 0.6) is 0 Å². The molecule has 0 atom stereocenters. The van der Waals surface area contributed by atoms with E-state index in [2.05, 4.69) is 50.0 Å². The molecule has 0 aliphatic carbocycles. The number of rotatable bonds is 6. The first-order valence-electron chi connectivity index (χ1n) is 5.38. The maximum Gasteiger partial charge on any atom is 0.267 e. The van der Waals surface area contributed by atoms with Gasteiger partial charge in [0.2, 0.25) is 0 Å². The van der Waals surface area contributed by atoms with Crippen molar-refractivity contribution in [2.24, 2.45) is 0 Å². The molecule has 0 saturated carbocycles. The Morgan fingerprint density at radius 2 is 2.19 bits per heavy atom. The van der Waals surface area contributed by atoms with Gasteiger partial charge in [-0.05, 0) is 29.0 Å². The summed E-state index contributed by atoms with van der Waals surface area (Å²) in [7, 11) is 0. The molecule has 0 aliphatic rings. The van der Waals surface area contributed by atoms with Crippen molar-refractivity contribution in [3.63, 3.8) is 0 Å². The predicted octanol–water partition coefficient (Wildman–Crippen LogP) is 1.29. The number of aromatic amines is 1. The van der Waals surface area contributed by atoms with Crippen molar-refractivity contribution in [2.45, 2.75) is 13.8 Å². The number of anilines is 1. The van der Waals surface area contributed by atoms with E-state index in [4.69, 9.17) is 0 Å². The van der Waals surface area contributed by atoms with Gasteiger partial charge in [-0.3, -0.25) is 4.79 Å². The van der Waals surface area contributed by atoms with Crippen LogP contribution in [0, 0.1) is 0 Å². The third-order valence-electron chi connectivity index (χ3n) is 2.41. The summed E-state index contributed by atoms with van der Waals surface area (Å²) in [6, 6.07) is 0. The Kier molecular flexibility index (Phi) is 5.48. The minimum atomic E-state index is -0.166. The second kappa shape index (κ2) is 6.65. The van der Waals surface area contributed by atoms with E-state index in [1.165, 1.54) is 6.33 Å². The van der Waals surface area contributed by atoms with Crippen molar-refractivity contribution < 1.29 is 0 Å². The minimum absolute atomic E-state index is 0.166. The Morgan fingerprint density at radius 1 is 1.50 bits per heavy atom.